The van der Waals surface area contributed by atoms with E-state index < -0.39 is 16.0 Å². The molecule has 2 rings (SSSR count). The minimum Gasteiger partial charge on any atom is -0.360 e. The van der Waals surface area contributed by atoms with Crippen LogP contribution in [-0.4, -0.2) is 20.5 Å². The maximum absolute atomic E-state index is 12.7. The summed E-state index contributed by atoms with van der Waals surface area (Å²) in [6.45, 7) is 14.0. The second-order valence-corrected chi connectivity index (χ2v) is 9.58. The lowest BCUT2D eigenvalue weighted by atomic mass is 9.84. The van der Waals surface area contributed by atoms with Crippen LogP contribution >= 0.6 is 0 Å². The molecule has 0 spiro atoms. The second-order valence-electron chi connectivity index (χ2n) is 7.82. The Morgan fingerprint density at radius 3 is 2.23 bits per heavy atom. The molecule has 0 aliphatic heterocycles. The van der Waals surface area contributed by atoms with Gasteiger partial charge in [0.05, 0.1) is 0 Å². The first kappa shape index (κ1) is 20.4. The fourth-order valence-electron chi connectivity index (χ4n) is 2.69. The summed E-state index contributed by atoms with van der Waals surface area (Å²) < 4.78 is 17.7. The Bertz CT molecular complexity index is 811. The zero-order valence-corrected chi connectivity index (χ0v) is 17.4. The molecule has 0 bridgehead atoms. The molecule has 26 heavy (non-hydrogen) atoms. The molecule has 1 N–H and O–H groups in total. The first-order chi connectivity index (χ1) is 12.0. The molecule has 1 aromatic heterocycles. The van der Waals surface area contributed by atoms with Gasteiger partial charge in [-0.1, -0.05) is 38.1 Å². The summed E-state index contributed by atoms with van der Waals surface area (Å²) >= 11 is 0. The summed E-state index contributed by atoms with van der Waals surface area (Å²) in [5.74, 6) is 0.991. The zero-order valence-electron chi connectivity index (χ0n) is 16.6. The van der Waals surface area contributed by atoms with Gasteiger partial charge < -0.3 is 9.84 Å². The number of benzene rings is 1. The van der Waals surface area contributed by atoms with E-state index in [1.807, 2.05) is 13.8 Å². The third kappa shape index (κ3) is 4.81. The van der Waals surface area contributed by atoms with Crippen LogP contribution < -0.4 is 5.32 Å². The molecule has 0 unspecified atom stereocenters. The van der Waals surface area contributed by atoms with E-state index in [0.29, 0.717) is 17.3 Å². The third-order valence-electron chi connectivity index (χ3n) is 4.49. The molecule has 1 amide bonds. The number of rotatable bonds is 5. The quantitative estimate of drug-likeness (QED) is 0.850. The van der Waals surface area contributed by atoms with Crippen molar-refractivity contribution < 1.29 is 13.5 Å². The van der Waals surface area contributed by atoms with Gasteiger partial charge in [-0.3, -0.25) is 9.00 Å². The summed E-state index contributed by atoms with van der Waals surface area (Å²) in [6, 6.07) is 5.94. The van der Waals surface area contributed by atoms with Crippen LogP contribution in [-0.2, 0) is 26.8 Å². The summed E-state index contributed by atoms with van der Waals surface area (Å²) in [5, 5.41) is 5.74. The van der Waals surface area contributed by atoms with Crippen LogP contribution in [0.3, 0.4) is 0 Å². The standard InChI is InChI=1S/C20H28N2O3S/c1-12-8-16(20(5,6)7)9-13(2)17(12)11-26(24)15(4)19(23)21-18-10-14(3)25-22-18/h8-10,15H,11H2,1-7H3,(H,21,22,23)/t15-,26+/m1/s1. The first-order valence-corrected chi connectivity index (χ1v) is 10.1. The van der Waals surface area contributed by atoms with E-state index in [1.165, 1.54) is 5.56 Å². The van der Waals surface area contributed by atoms with E-state index in [1.54, 1.807) is 19.9 Å². The van der Waals surface area contributed by atoms with E-state index in [4.69, 9.17) is 4.52 Å². The lowest BCUT2D eigenvalue weighted by molar-refractivity contribution is -0.115. The third-order valence-corrected chi connectivity index (χ3v) is 6.07. The van der Waals surface area contributed by atoms with Crippen molar-refractivity contribution in [2.75, 3.05) is 5.32 Å². The lowest BCUT2D eigenvalue weighted by Crippen LogP contribution is -2.30. The highest BCUT2D eigenvalue weighted by Crippen LogP contribution is 2.28. The van der Waals surface area contributed by atoms with Gasteiger partial charge in [-0.05, 0) is 55.4 Å². The Morgan fingerprint density at radius 2 is 1.77 bits per heavy atom. The number of hydrogen-bond acceptors (Lipinski definition) is 4. The summed E-state index contributed by atoms with van der Waals surface area (Å²) in [7, 11) is -1.33. The number of nitrogens with zero attached hydrogens (tertiary/aromatic N) is 1. The second kappa shape index (κ2) is 7.74. The van der Waals surface area contributed by atoms with Crippen LogP contribution in [0.1, 0.15) is 55.7 Å². The molecule has 0 aliphatic carbocycles. The normalized spacial score (nSPS) is 14.1. The molecule has 5 nitrogen and oxygen atoms in total. The minimum atomic E-state index is -1.33. The fraction of sp³-hybridized carbons (Fsp3) is 0.500. The maximum Gasteiger partial charge on any atom is 0.241 e. The SMILES string of the molecule is Cc1cc(NC(=O)[C@@H](C)[S@@](=O)Cc2c(C)cc(C(C)(C)C)cc2C)no1. The van der Waals surface area contributed by atoms with Crippen molar-refractivity contribution in [1.82, 2.24) is 5.16 Å². The van der Waals surface area contributed by atoms with E-state index in [-0.39, 0.29) is 11.3 Å². The molecule has 1 aromatic carbocycles. The van der Waals surface area contributed by atoms with Gasteiger partial charge in [0, 0.05) is 22.6 Å². The van der Waals surface area contributed by atoms with E-state index in [2.05, 4.69) is 43.4 Å². The molecule has 2 atom stereocenters. The van der Waals surface area contributed by atoms with Crippen molar-refractivity contribution in [3.63, 3.8) is 0 Å². The van der Waals surface area contributed by atoms with Crippen LogP contribution in [0.4, 0.5) is 5.82 Å². The number of hydrogen-bond donors (Lipinski definition) is 1. The van der Waals surface area contributed by atoms with Crippen LogP contribution in [0.25, 0.3) is 0 Å². The molecule has 2 aromatic rings. The number of aryl methyl sites for hydroxylation is 3. The highest BCUT2D eigenvalue weighted by atomic mass is 32.2. The summed E-state index contributed by atoms with van der Waals surface area (Å²) in [5.41, 5.74) is 4.60. The van der Waals surface area contributed by atoms with Gasteiger partial charge in [0.25, 0.3) is 0 Å². The average molecular weight is 377 g/mol. The molecule has 0 fully saturated rings. The fourth-order valence-corrected chi connectivity index (χ4v) is 3.98. The van der Waals surface area contributed by atoms with Gasteiger partial charge in [0.2, 0.25) is 5.91 Å². The largest absolute Gasteiger partial charge is 0.360 e. The van der Waals surface area contributed by atoms with Gasteiger partial charge in [-0.25, -0.2) is 0 Å². The molecular weight excluding hydrogens is 348 g/mol. The monoisotopic (exact) mass is 376 g/mol. The van der Waals surface area contributed by atoms with E-state index >= 15 is 0 Å². The predicted octanol–water partition coefficient (Wildman–Crippen LogP) is 4.17. The van der Waals surface area contributed by atoms with Crippen molar-refractivity contribution in [2.45, 2.75) is 64.9 Å². The molecule has 0 aliphatic rings. The lowest BCUT2D eigenvalue weighted by Gasteiger charge is -2.22. The Morgan fingerprint density at radius 1 is 1.19 bits per heavy atom. The van der Waals surface area contributed by atoms with Crippen molar-refractivity contribution in [2.24, 2.45) is 0 Å². The Balaban J connectivity index is 2.12. The van der Waals surface area contributed by atoms with E-state index in [9.17, 15) is 9.00 Å². The van der Waals surface area contributed by atoms with Gasteiger partial charge in [0.1, 0.15) is 11.0 Å². The summed E-state index contributed by atoms with van der Waals surface area (Å²) in [6.07, 6.45) is 0. The number of anilines is 1. The molecule has 0 radical (unpaired) electrons. The van der Waals surface area contributed by atoms with Crippen molar-refractivity contribution >= 4 is 22.5 Å². The van der Waals surface area contributed by atoms with Gasteiger partial charge >= 0.3 is 0 Å². The number of carbonyl (C=O) groups is 1. The molecule has 0 saturated heterocycles. The summed E-state index contributed by atoms with van der Waals surface area (Å²) in [4.78, 5) is 12.3. The van der Waals surface area contributed by atoms with Crippen LogP contribution in [0.15, 0.2) is 22.7 Å². The van der Waals surface area contributed by atoms with Crippen LogP contribution in [0, 0.1) is 20.8 Å². The Labute approximate surface area is 158 Å². The van der Waals surface area contributed by atoms with E-state index in [0.717, 1.165) is 16.7 Å². The molecule has 0 saturated carbocycles. The van der Waals surface area contributed by atoms with Gasteiger partial charge in [-0.15, -0.1) is 0 Å². The maximum atomic E-state index is 12.7. The van der Waals surface area contributed by atoms with Gasteiger partial charge in [0.15, 0.2) is 5.82 Å². The Kier molecular flexibility index (Phi) is 6.06. The highest BCUT2D eigenvalue weighted by Gasteiger charge is 2.23. The van der Waals surface area contributed by atoms with Crippen molar-refractivity contribution in [3.05, 3.63) is 46.2 Å². The number of carbonyl (C=O) groups excluding carboxylic acids is 1. The number of aromatic nitrogens is 1. The smallest absolute Gasteiger partial charge is 0.241 e. The van der Waals surface area contributed by atoms with Crippen LogP contribution in [0.2, 0.25) is 0 Å². The van der Waals surface area contributed by atoms with Crippen LogP contribution in [0.5, 0.6) is 0 Å². The molecule has 142 valence electrons. The molecule has 6 heteroatoms. The number of nitrogens with one attached hydrogen (secondary N) is 1. The predicted molar refractivity (Wildman–Crippen MR) is 106 cm³/mol. The highest BCUT2D eigenvalue weighted by molar-refractivity contribution is 7.85. The number of amides is 1. The zero-order chi connectivity index (χ0) is 19.6. The first-order valence-electron chi connectivity index (χ1n) is 8.71. The molecular formula is C20H28N2O3S. The minimum absolute atomic E-state index is 0.0656. The van der Waals surface area contributed by atoms with Crippen molar-refractivity contribution in [3.8, 4) is 0 Å². The molecule has 1 heterocycles. The topological polar surface area (TPSA) is 72.2 Å². The van der Waals surface area contributed by atoms with Gasteiger partial charge in [-0.2, -0.15) is 0 Å². The Hall–Kier alpha value is -1.95. The average Bonchev–Trinajstić information content (AvgIpc) is 2.93. The van der Waals surface area contributed by atoms with Crippen molar-refractivity contribution in [1.29, 1.82) is 0 Å².